The maximum Gasteiger partial charge on any atom is 3.00 e. The van der Waals surface area contributed by atoms with Gasteiger partial charge in [-0.3, -0.25) is 79.4 Å². The Kier molecular flexibility index (Phi) is 71.1. The molecule has 0 aliphatic rings. The van der Waals surface area contributed by atoms with Crippen LogP contribution in [0.5, 0.6) is 0 Å². The number of aryl methyl sites for hydroxylation is 12. The molecule has 12 rings (SSSR count). The summed E-state index contributed by atoms with van der Waals surface area (Å²) >= 11 is 0. The van der Waals surface area contributed by atoms with Crippen LogP contribution in [-0.4, -0.2) is 175 Å². The van der Waals surface area contributed by atoms with Gasteiger partial charge >= 0.3 is 90.3 Å². The summed E-state index contributed by atoms with van der Waals surface area (Å²) in [6, 6.07) is 77.5. The van der Waals surface area contributed by atoms with E-state index >= 15 is 0 Å². The summed E-state index contributed by atoms with van der Waals surface area (Å²) in [6.07, 6.45) is 0. The number of pyridine rings is 12. The summed E-state index contributed by atoms with van der Waals surface area (Å²) in [4.78, 5) is 65.1. The number of halogens is 12. The van der Waals surface area contributed by atoms with Crippen LogP contribution in [-0.2, 0) is 187 Å². The van der Waals surface area contributed by atoms with E-state index in [1.807, 2.05) is 156 Å². The molecular formula is C92H106F12Fe4N18O16S4+4. The van der Waals surface area contributed by atoms with Crippen molar-refractivity contribution in [3.05, 3.63) is 355 Å². The maximum absolute atomic E-state index is 10.7. The van der Waals surface area contributed by atoms with Crippen LogP contribution in [0.2, 0.25) is 0 Å². The zero-order valence-corrected chi connectivity index (χ0v) is 88.3. The fraction of sp³-hybridized carbons (Fsp3) is 0.326. The molecule has 0 atom stereocenters. The summed E-state index contributed by atoms with van der Waals surface area (Å²) in [6.45, 7) is 36.4. The second kappa shape index (κ2) is 71.1. The molecule has 0 aliphatic heterocycles. The van der Waals surface area contributed by atoms with Gasteiger partial charge in [0.1, 0.15) is 0 Å². The van der Waals surface area contributed by atoms with Gasteiger partial charge in [0.15, 0.2) is 40.5 Å². The first-order valence-corrected chi connectivity index (χ1v) is 46.5. The SMILES string of the molecule is CC#N.CC#N.Cc1cccc(CN(Cc2cccc(C)n2)Cc2cccc(C)n2)n1.Cc1cccc(CN(Cc2cccc(C)n2)Cc2cccc(C)n2)n1.Cc1cccc(CN(Cc2cccc(C)n2)Cc2cccc(C)n2)n1.Cc1cccc(CN(Cc2cccc(C)n2)Cc2cccc(C)n2)n1.O=S(=O)([O-])C(F)(F)F.O=S(=O)([O-])C(F)(F)F.O=S(=O)([O-])C(F)(F)F.O=S(=O)([O-])C(F)(F)F.[Fe+3].[Fe+3].[Fe+3].[Fe+3].[OH-].[OH-].[OH-].[OH-]. The molecule has 4 N–H and O–H groups in total. The van der Waals surface area contributed by atoms with Gasteiger partial charge in [0.05, 0.1) is 80.5 Å². The van der Waals surface area contributed by atoms with E-state index in [0.29, 0.717) is 0 Å². The van der Waals surface area contributed by atoms with Crippen molar-refractivity contribution in [2.75, 3.05) is 0 Å². The standard InChI is InChI=1S/4C21H24N4.2C2H3N.4CHF3O3S.4Fe.4H2O/c4*1-16-7-4-10-19(22-16)13-25(14-20-11-5-8-17(2)23-20)15-21-12-6-9-18(3)24-21;2*1-2-3;4*2-1(3,4)8(5,6)7;;;;;;;;/h4*4-12H,13-15H2,1-3H3;2*1H3;4*(H,5,6,7);;;;;4*1H2/q;;;;;;;;;;4*+3;;;;/p-8. The van der Waals surface area contributed by atoms with Crippen LogP contribution in [0.3, 0.4) is 0 Å². The van der Waals surface area contributed by atoms with Crippen LogP contribution >= 0.6 is 0 Å². The van der Waals surface area contributed by atoms with Crippen molar-refractivity contribution >= 4 is 40.5 Å². The molecule has 0 fully saturated rings. The summed E-state index contributed by atoms with van der Waals surface area (Å²) in [5.74, 6) is 0. The van der Waals surface area contributed by atoms with E-state index in [9.17, 15) is 52.7 Å². The van der Waals surface area contributed by atoms with Crippen LogP contribution in [0.15, 0.2) is 218 Å². The molecule has 4 radical (unpaired) electrons. The number of nitrogens with zero attached hydrogens (tertiary/aromatic N) is 18. The van der Waals surface area contributed by atoms with Crippen molar-refractivity contribution in [2.24, 2.45) is 0 Å². The summed E-state index contributed by atoms with van der Waals surface area (Å²) < 4.78 is 236. The molecule has 34 nitrogen and oxygen atoms in total. The van der Waals surface area contributed by atoms with Gasteiger partial charge in [-0.2, -0.15) is 63.2 Å². The van der Waals surface area contributed by atoms with Gasteiger partial charge in [0.25, 0.3) is 0 Å². The quantitative estimate of drug-likeness (QED) is 0.0235. The number of aromatic nitrogens is 12. The van der Waals surface area contributed by atoms with Gasteiger partial charge in [-0.1, -0.05) is 72.8 Å². The molecule has 0 aliphatic carbocycles. The third kappa shape index (κ3) is 62.5. The number of hydrogen-bond acceptors (Lipinski definition) is 34. The van der Waals surface area contributed by atoms with Gasteiger partial charge in [-0.15, -0.1) is 0 Å². The Morgan fingerprint density at radius 2 is 0.274 bits per heavy atom. The Morgan fingerprint density at radius 1 is 0.212 bits per heavy atom. The first-order chi connectivity index (χ1) is 64.2. The van der Waals surface area contributed by atoms with Crippen molar-refractivity contribution in [3.8, 4) is 12.1 Å². The van der Waals surface area contributed by atoms with Crippen LogP contribution in [0.1, 0.15) is 151 Å². The van der Waals surface area contributed by atoms with Crippen LogP contribution < -0.4 is 0 Å². The largest absolute Gasteiger partial charge is 3.00 e. The Labute approximate surface area is 883 Å². The van der Waals surface area contributed by atoms with Crippen molar-refractivity contribution in [3.63, 3.8) is 0 Å². The molecule has 0 saturated carbocycles. The fourth-order valence-corrected chi connectivity index (χ4v) is 11.7. The summed E-state index contributed by atoms with van der Waals surface area (Å²) in [7, 11) is -24.4. The Hall–Kier alpha value is -10.7. The summed E-state index contributed by atoms with van der Waals surface area (Å²) in [5.41, 5.74) is 2.75. The smallest absolute Gasteiger partial charge is 0.870 e. The molecule has 146 heavy (non-hydrogen) atoms. The average molecular weight is 2300 g/mol. The minimum absolute atomic E-state index is 0. The predicted molar refractivity (Wildman–Crippen MR) is 493 cm³/mol. The van der Waals surface area contributed by atoms with E-state index in [1.165, 1.54) is 13.8 Å². The molecule has 796 valence electrons. The fourth-order valence-electron chi connectivity index (χ4n) is 11.7. The number of nitriles is 2. The molecule has 0 spiro atoms. The number of rotatable bonds is 24. The van der Waals surface area contributed by atoms with E-state index in [1.54, 1.807) is 12.1 Å². The zero-order chi connectivity index (χ0) is 104. The predicted octanol–water partition coefficient (Wildman–Crippen LogP) is 16.5. The molecule has 0 aromatic carbocycles. The third-order valence-corrected chi connectivity index (χ3v) is 19.4. The van der Waals surface area contributed by atoms with Gasteiger partial charge in [0.2, 0.25) is 0 Å². The molecule has 0 amide bonds. The zero-order valence-electron chi connectivity index (χ0n) is 80.6. The minimum Gasteiger partial charge on any atom is -0.870 e. The van der Waals surface area contributed by atoms with Gasteiger partial charge in [-0.05, 0) is 229 Å². The molecule has 0 saturated heterocycles. The molecule has 0 unspecified atom stereocenters. The van der Waals surface area contributed by atoms with Crippen molar-refractivity contribution in [2.45, 2.75) is 198 Å². The molecular weight excluding hydrogens is 2190 g/mol. The third-order valence-electron chi connectivity index (χ3n) is 17.1. The first-order valence-electron chi connectivity index (χ1n) is 40.9. The minimum atomic E-state index is -6.09. The topological polar surface area (TPSA) is 564 Å². The second-order valence-corrected chi connectivity index (χ2v) is 35.4. The van der Waals surface area contributed by atoms with Crippen molar-refractivity contribution < 1.29 is 195 Å². The van der Waals surface area contributed by atoms with Crippen LogP contribution in [0, 0.1) is 106 Å². The molecule has 0 bridgehead atoms. The monoisotopic (exact) mass is 2300 g/mol. The molecule has 12 heterocycles. The van der Waals surface area contributed by atoms with E-state index in [4.69, 9.17) is 62.4 Å². The van der Waals surface area contributed by atoms with Gasteiger partial charge < -0.3 is 40.1 Å². The van der Waals surface area contributed by atoms with Crippen molar-refractivity contribution in [1.29, 1.82) is 10.5 Å². The number of hydrogen-bond donors (Lipinski definition) is 0. The second-order valence-electron chi connectivity index (χ2n) is 29.9. The van der Waals surface area contributed by atoms with Gasteiger partial charge in [0, 0.05) is 161 Å². The summed E-state index contributed by atoms with van der Waals surface area (Å²) in [5, 5.41) is 14.6. The average Bonchev–Trinajstić information content (AvgIpc) is 0.849. The van der Waals surface area contributed by atoms with E-state index < -0.39 is 62.5 Å². The number of alkyl halides is 12. The normalized spacial score (nSPS) is 10.7. The Morgan fingerprint density at radius 3 is 0.322 bits per heavy atom. The first kappa shape index (κ1) is 146. The van der Waals surface area contributed by atoms with Crippen LogP contribution in [0.4, 0.5) is 52.7 Å². The molecule has 54 heteroatoms. The van der Waals surface area contributed by atoms with E-state index in [-0.39, 0.29) is 90.2 Å². The van der Waals surface area contributed by atoms with Crippen molar-refractivity contribution in [1.82, 2.24) is 79.4 Å². The van der Waals surface area contributed by atoms with E-state index in [2.05, 4.69) is 225 Å². The van der Waals surface area contributed by atoms with Gasteiger partial charge in [-0.25, -0.2) is 33.7 Å². The molecule has 12 aromatic heterocycles. The molecule has 12 aromatic rings. The maximum atomic E-state index is 10.7. The van der Waals surface area contributed by atoms with E-state index in [0.717, 1.165) is 215 Å². The Bertz CT molecular complexity index is 5230. The van der Waals surface area contributed by atoms with Crippen LogP contribution in [0.25, 0.3) is 0 Å². The Balaban J connectivity index is -0.000000393.